The van der Waals surface area contributed by atoms with Gasteiger partial charge in [-0.2, -0.15) is 0 Å². The number of hydrogen-bond donors (Lipinski definition) is 2. The van der Waals surface area contributed by atoms with Crippen LogP contribution in [-0.4, -0.2) is 24.2 Å². The van der Waals surface area contributed by atoms with Crippen LogP contribution in [0.4, 0.5) is 0 Å². The molecule has 2 N–H and O–H groups in total. The molecule has 2 aromatic rings. The summed E-state index contributed by atoms with van der Waals surface area (Å²) >= 11 is 0. The van der Waals surface area contributed by atoms with Crippen LogP contribution in [0.5, 0.6) is 0 Å². The highest BCUT2D eigenvalue weighted by molar-refractivity contribution is 5.85. The van der Waals surface area contributed by atoms with Gasteiger partial charge >= 0.3 is 0 Å². The van der Waals surface area contributed by atoms with Crippen molar-refractivity contribution in [2.45, 2.75) is 6.42 Å². The monoisotopic (exact) mass is 229 g/mol. The molecule has 0 radical (unpaired) electrons. The summed E-state index contributed by atoms with van der Waals surface area (Å²) in [6, 6.07) is 14.1. The van der Waals surface area contributed by atoms with Crippen molar-refractivity contribution >= 4 is 16.7 Å². The van der Waals surface area contributed by atoms with Gasteiger partial charge in [0.2, 0.25) is 5.91 Å². The molecule has 0 aliphatic rings. The third-order valence-electron chi connectivity index (χ3n) is 2.61. The van der Waals surface area contributed by atoms with Crippen LogP contribution in [0.25, 0.3) is 10.8 Å². The molecular formula is C14H15NO2. The van der Waals surface area contributed by atoms with Gasteiger partial charge in [0.05, 0.1) is 13.0 Å². The van der Waals surface area contributed by atoms with E-state index in [1.807, 2.05) is 42.5 Å². The molecule has 2 rings (SSSR count). The van der Waals surface area contributed by atoms with Gasteiger partial charge < -0.3 is 10.4 Å². The highest BCUT2D eigenvalue weighted by Crippen LogP contribution is 2.15. The SMILES string of the molecule is O=C(Cc1ccc2ccccc2c1)NCCO. The van der Waals surface area contributed by atoms with Gasteiger partial charge in [-0.15, -0.1) is 0 Å². The molecular weight excluding hydrogens is 214 g/mol. The molecule has 0 saturated carbocycles. The van der Waals surface area contributed by atoms with Gasteiger partial charge in [-0.1, -0.05) is 42.5 Å². The van der Waals surface area contributed by atoms with Crippen LogP contribution in [0.1, 0.15) is 5.56 Å². The van der Waals surface area contributed by atoms with Crippen molar-refractivity contribution in [2.24, 2.45) is 0 Å². The lowest BCUT2D eigenvalue weighted by molar-refractivity contribution is -0.120. The summed E-state index contributed by atoms with van der Waals surface area (Å²) in [6.07, 6.45) is 0.352. The molecule has 3 nitrogen and oxygen atoms in total. The van der Waals surface area contributed by atoms with Crippen molar-refractivity contribution < 1.29 is 9.90 Å². The van der Waals surface area contributed by atoms with Crippen molar-refractivity contribution in [3.8, 4) is 0 Å². The number of aliphatic hydroxyl groups is 1. The van der Waals surface area contributed by atoms with E-state index in [4.69, 9.17) is 5.11 Å². The number of hydrogen-bond acceptors (Lipinski definition) is 2. The number of benzene rings is 2. The van der Waals surface area contributed by atoms with Crippen molar-refractivity contribution in [3.05, 3.63) is 48.0 Å². The molecule has 0 spiro atoms. The summed E-state index contributed by atoms with van der Waals surface area (Å²) in [4.78, 5) is 11.5. The summed E-state index contributed by atoms with van der Waals surface area (Å²) in [6.45, 7) is 0.288. The molecule has 0 aromatic heterocycles. The van der Waals surface area contributed by atoms with Crippen LogP contribution in [0, 0.1) is 0 Å². The average molecular weight is 229 g/mol. The van der Waals surface area contributed by atoms with E-state index in [2.05, 4.69) is 5.32 Å². The molecule has 0 bridgehead atoms. The second-order valence-corrected chi connectivity index (χ2v) is 3.93. The first-order valence-electron chi connectivity index (χ1n) is 5.65. The summed E-state index contributed by atoms with van der Waals surface area (Å²) < 4.78 is 0. The van der Waals surface area contributed by atoms with Gasteiger partial charge in [0.25, 0.3) is 0 Å². The Hall–Kier alpha value is -1.87. The number of nitrogens with one attached hydrogen (secondary N) is 1. The number of carbonyl (C=O) groups excluding carboxylic acids is 1. The lowest BCUT2D eigenvalue weighted by Gasteiger charge is -2.04. The first kappa shape index (κ1) is 11.6. The highest BCUT2D eigenvalue weighted by Gasteiger charge is 2.03. The predicted octanol–water partition coefficient (Wildman–Crippen LogP) is 1.49. The lowest BCUT2D eigenvalue weighted by atomic mass is 10.1. The van der Waals surface area contributed by atoms with Crippen molar-refractivity contribution in [2.75, 3.05) is 13.2 Å². The molecule has 0 fully saturated rings. The molecule has 17 heavy (non-hydrogen) atoms. The van der Waals surface area contributed by atoms with E-state index in [1.165, 1.54) is 5.39 Å². The molecule has 3 heteroatoms. The maximum atomic E-state index is 11.5. The van der Waals surface area contributed by atoms with Crippen molar-refractivity contribution in [3.63, 3.8) is 0 Å². The van der Waals surface area contributed by atoms with Crippen LogP contribution in [0.2, 0.25) is 0 Å². The number of fused-ring (bicyclic) bond motifs is 1. The fourth-order valence-electron chi connectivity index (χ4n) is 1.79. The van der Waals surface area contributed by atoms with Crippen molar-refractivity contribution in [1.82, 2.24) is 5.32 Å². The molecule has 1 amide bonds. The van der Waals surface area contributed by atoms with Gasteiger partial charge in [-0.3, -0.25) is 4.79 Å². The molecule has 88 valence electrons. The number of amides is 1. The van der Waals surface area contributed by atoms with E-state index in [1.54, 1.807) is 0 Å². The number of aliphatic hydroxyl groups excluding tert-OH is 1. The number of carbonyl (C=O) groups is 1. The van der Waals surface area contributed by atoms with E-state index in [0.717, 1.165) is 10.9 Å². The smallest absolute Gasteiger partial charge is 0.224 e. The first-order valence-corrected chi connectivity index (χ1v) is 5.65. The molecule has 0 heterocycles. The van der Waals surface area contributed by atoms with Crippen LogP contribution in [0.3, 0.4) is 0 Å². The fraction of sp³-hybridized carbons (Fsp3) is 0.214. The van der Waals surface area contributed by atoms with Crippen LogP contribution < -0.4 is 5.32 Å². The maximum Gasteiger partial charge on any atom is 0.224 e. The van der Waals surface area contributed by atoms with Gasteiger partial charge in [0.15, 0.2) is 0 Å². The minimum Gasteiger partial charge on any atom is -0.395 e. The standard InChI is InChI=1S/C14H15NO2/c16-8-7-15-14(17)10-11-5-6-12-3-1-2-4-13(12)9-11/h1-6,9,16H,7-8,10H2,(H,15,17). The van der Waals surface area contributed by atoms with Gasteiger partial charge in [0.1, 0.15) is 0 Å². The normalized spacial score (nSPS) is 10.4. The zero-order valence-corrected chi connectivity index (χ0v) is 9.52. The molecule has 0 aliphatic heterocycles. The fourth-order valence-corrected chi connectivity index (χ4v) is 1.79. The molecule has 0 saturated heterocycles. The molecule has 2 aromatic carbocycles. The summed E-state index contributed by atoms with van der Waals surface area (Å²) in [7, 11) is 0. The molecule has 0 atom stereocenters. The Bertz CT molecular complexity index is 522. The zero-order valence-electron chi connectivity index (χ0n) is 9.52. The summed E-state index contributed by atoms with van der Waals surface area (Å²) in [5.41, 5.74) is 0.985. The molecule has 0 aliphatic carbocycles. The minimum atomic E-state index is -0.0608. The quantitative estimate of drug-likeness (QED) is 0.834. The Labute approximate surface area is 100 Å². The topological polar surface area (TPSA) is 49.3 Å². The third kappa shape index (κ3) is 3.04. The zero-order chi connectivity index (χ0) is 12.1. The lowest BCUT2D eigenvalue weighted by Crippen LogP contribution is -2.27. The van der Waals surface area contributed by atoms with Crippen molar-refractivity contribution in [1.29, 1.82) is 0 Å². The summed E-state index contributed by atoms with van der Waals surface area (Å²) in [5, 5.41) is 13.6. The Morgan fingerprint density at radius 3 is 2.65 bits per heavy atom. The van der Waals surface area contributed by atoms with E-state index >= 15 is 0 Å². The van der Waals surface area contributed by atoms with E-state index < -0.39 is 0 Å². The first-order chi connectivity index (χ1) is 8.29. The third-order valence-corrected chi connectivity index (χ3v) is 2.61. The second-order valence-electron chi connectivity index (χ2n) is 3.93. The van der Waals surface area contributed by atoms with Crippen LogP contribution in [-0.2, 0) is 11.2 Å². The predicted molar refractivity (Wildman–Crippen MR) is 67.7 cm³/mol. The minimum absolute atomic E-state index is 0.0243. The van der Waals surface area contributed by atoms with Crippen LogP contribution in [0.15, 0.2) is 42.5 Å². The van der Waals surface area contributed by atoms with Gasteiger partial charge in [-0.25, -0.2) is 0 Å². The van der Waals surface area contributed by atoms with E-state index in [0.29, 0.717) is 13.0 Å². The maximum absolute atomic E-state index is 11.5. The van der Waals surface area contributed by atoms with E-state index in [9.17, 15) is 4.79 Å². The Kier molecular flexibility index (Phi) is 3.73. The largest absolute Gasteiger partial charge is 0.395 e. The highest BCUT2D eigenvalue weighted by atomic mass is 16.3. The average Bonchev–Trinajstić information content (AvgIpc) is 2.36. The van der Waals surface area contributed by atoms with Crippen LogP contribution >= 0.6 is 0 Å². The summed E-state index contributed by atoms with van der Waals surface area (Å²) in [5.74, 6) is -0.0608. The number of rotatable bonds is 4. The second kappa shape index (κ2) is 5.46. The Balaban J connectivity index is 2.11. The Morgan fingerprint density at radius 1 is 1.12 bits per heavy atom. The molecule has 0 unspecified atom stereocenters. The Morgan fingerprint density at radius 2 is 1.88 bits per heavy atom. The van der Waals surface area contributed by atoms with Gasteiger partial charge in [0, 0.05) is 6.54 Å². The van der Waals surface area contributed by atoms with Gasteiger partial charge in [-0.05, 0) is 16.3 Å². The van der Waals surface area contributed by atoms with E-state index in [-0.39, 0.29) is 12.5 Å².